The number of aromatic nitrogens is 3. The molecular weight excluding hydrogens is 400 g/mol. The monoisotopic (exact) mass is 432 g/mol. The molecule has 0 spiro atoms. The normalized spacial score (nSPS) is 19.0. The molecule has 0 aliphatic carbocycles. The summed E-state index contributed by atoms with van der Waals surface area (Å²) in [5, 5.41) is 4.26. The SMILES string of the molecule is CCOc1cc2c(cc1CN1CCC(c3ccc(-c4cnn(C)c4)cn3)CC1)O[C@H](C)C2. The average molecular weight is 433 g/mol. The second-order valence-corrected chi connectivity index (χ2v) is 9.06. The quantitative estimate of drug-likeness (QED) is 0.571. The highest BCUT2D eigenvalue weighted by Gasteiger charge is 2.25. The van der Waals surface area contributed by atoms with Gasteiger partial charge in [0.1, 0.15) is 17.6 Å². The zero-order chi connectivity index (χ0) is 22.1. The lowest BCUT2D eigenvalue weighted by Crippen LogP contribution is -2.32. The van der Waals surface area contributed by atoms with E-state index in [9.17, 15) is 0 Å². The summed E-state index contributed by atoms with van der Waals surface area (Å²) in [6.07, 6.45) is 9.37. The molecule has 2 aliphatic rings. The predicted molar refractivity (Wildman–Crippen MR) is 125 cm³/mol. The van der Waals surface area contributed by atoms with Crippen molar-refractivity contribution >= 4 is 0 Å². The lowest BCUT2D eigenvalue weighted by molar-refractivity contribution is 0.199. The van der Waals surface area contributed by atoms with Crippen molar-refractivity contribution in [2.24, 2.45) is 7.05 Å². The molecule has 168 valence electrons. The summed E-state index contributed by atoms with van der Waals surface area (Å²) >= 11 is 0. The summed E-state index contributed by atoms with van der Waals surface area (Å²) < 4.78 is 13.8. The van der Waals surface area contributed by atoms with E-state index in [0.29, 0.717) is 12.5 Å². The Hall–Kier alpha value is -2.86. The Balaban J connectivity index is 1.22. The second kappa shape index (κ2) is 8.94. The maximum atomic E-state index is 6.00. The number of hydrogen-bond acceptors (Lipinski definition) is 5. The number of hydrogen-bond donors (Lipinski definition) is 0. The van der Waals surface area contributed by atoms with Gasteiger partial charge in [-0.1, -0.05) is 6.07 Å². The van der Waals surface area contributed by atoms with Crippen LogP contribution >= 0.6 is 0 Å². The van der Waals surface area contributed by atoms with E-state index in [1.54, 1.807) is 0 Å². The molecule has 1 saturated heterocycles. The lowest BCUT2D eigenvalue weighted by atomic mass is 9.92. The number of nitrogens with zero attached hydrogens (tertiary/aromatic N) is 4. The number of rotatable bonds is 6. The summed E-state index contributed by atoms with van der Waals surface area (Å²) in [6.45, 7) is 7.90. The van der Waals surface area contributed by atoms with Crippen molar-refractivity contribution < 1.29 is 9.47 Å². The van der Waals surface area contributed by atoms with Gasteiger partial charge in [-0.15, -0.1) is 0 Å². The van der Waals surface area contributed by atoms with Crippen LogP contribution in [0.5, 0.6) is 11.5 Å². The minimum Gasteiger partial charge on any atom is -0.494 e. The number of ether oxygens (including phenoxy) is 2. The number of fused-ring (bicyclic) bond motifs is 1. The molecule has 0 bridgehead atoms. The van der Waals surface area contributed by atoms with Gasteiger partial charge in [0.25, 0.3) is 0 Å². The van der Waals surface area contributed by atoms with Crippen LogP contribution in [-0.4, -0.2) is 45.5 Å². The average Bonchev–Trinajstić information content (AvgIpc) is 3.39. The molecule has 2 aliphatic heterocycles. The van der Waals surface area contributed by atoms with Crippen LogP contribution in [0.4, 0.5) is 0 Å². The minimum absolute atomic E-state index is 0.252. The third kappa shape index (κ3) is 4.37. The molecule has 0 amide bonds. The molecule has 0 saturated carbocycles. The maximum absolute atomic E-state index is 6.00. The van der Waals surface area contributed by atoms with Gasteiger partial charge in [-0.2, -0.15) is 5.10 Å². The molecule has 5 rings (SSSR count). The third-order valence-electron chi connectivity index (χ3n) is 6.60. The van der Waals surface area contributed by atoms with Crippen LogP contribution in [0.15, 0.2) is 42.9 Å². The van der Waals surface area contributed by atoms with Crippen LogP contribution in [0.1, 0.15) is 49.4 Å². The van der Waals surface area contributed by atoms with Crippen molar-refractivity contribution in [3.63, 3.8) is 0 Å². The Morgan fingerprint density at radius 3 is 2.66 bits per heavy atom. The van der Waals surface area contributed by atoms with E-state index in [2.05, 4.69) is 41.2 Å². The third-order valence-corrected chi connectivity index (χ3v) is 6.60. The number of piperidine rings is 1. The van der Waals surface area contributed by atoms with E-state index in [4.69, 9.17) is 14.5 Å². The first-order valence-corrected chi connectivity index (χ1v) is 11.7. The van der Waals surface area contributed by atoms with Crippen LogP contribution in [0.3, 0.4) is 0 Å². The number of likely N-dealkylation sites (tertiary alicyclic amines) is 1. The molecule has 0 N–H and O–H groups in total. The molecule has 6 nitrogen and oxygen atoms in total. The zero-order valence-electron chi connectivity index (χ0n) is 19.3. The highest BCUT2D eigenvalue weighted by Crippen LogP contribution is 2.36. The van der Waals surface area contributed by atoms with Crippen molar-refractivity contribution in [1.29, 1.82) is 0 Å². The van der Waals surface area contributed by atoms with Gasteiger partial charge in [-0.05, 0) is 58.0 Å². The van der Waals surface area contributed by atoms with Gasteiger partial charge >= 0.3 is 0 Å². The molecule has 32 heavy (non-hydrogen) atoms. The first kappa shape index (κ1) is 21.0. The highest BCUT2D eigenvalue weighted by atomic mass is 16.5. The van der Waals surface area contributed by atoms with Crippen LogP contribution in [0, 0.1) is 0 Å². The van der Waals surface area contributed by atoms with Crippen LogP contribution < -0.4 is 9.47 Å². The highest BCUT2D eigenvalue weighted by molar-refractivity contribution is 5.60. The van der Waals surface area contributed by atoms with Gasteiger partial charge in [0, 0.05) is 66.3 Å². The van der Waals surface area contributed by atoms with Crippen molar-refractivity contribution in [2.45, 2.75) is 51.7 Å². The van der Waals surface area contributed by atoms with Gasteiger partial charge in [-0.3, -0.25) is 14.6 Å². The summed E-state index contributed by atoms with van der Waals surface area (Å²) in [6, 6.07) is 8.76. The summed E-state index contributed by atoms with van der Waals surface area (Å²) in [4.78, 5) is 7.32. The van der Waals surface area contributed by atoms with Crippen LogP contribution in [-0.2, 0) is 20.0 Å². The maximum Gasteiger partial charge on any atom is 0.124 e. The lowest BCUT2D eigenvalue weighted by Gasteiger charge is -2.32. The van der Waals surface area contributed by atoms with E-state index in [1.807, 2.05) is 37.2 Å². The molecule has 2 aromatic heterocycles. The summed E-state index contributed by atoms with van der Waals surface area (Å²) in [5.74, 6) is 2.56. The molecule has 1 fully saturated rings. The topological polar surface area (TPSA) is 52.4 Å². The molecule has 1 atom stereocenters. The Morgan fingerprint density at radius 2 is 1.97 bits per heavy atom. The first-order valence-electron chi connectivity index (χ1n) is 11.7. The summed E-state index contributed by atoms with van der Waals surface area (Å²) in [7, 11) is 1.94. The van der Waals surface area contributed by atoms with Gasteiger partial charge < -0.3 is 9.47 Å². The first-order chi connectivity index (χ1) is 15.6. The second-order valence-electron chi connectivity index (χ2n) is 9.06. The predicted octanol–water partition coefficient (Wildman–Crippen LogP) is 4.58. The van der Waals surface area contributed by atoms with Gasteiger partial charge in [0.2, 0.25) is 0 Å². The molecule has 4 heterocycles. The Bertz CT molecular complexity index is 1070. The smallest absolute Gasteiger partial charge is 0.124 e. The molecule has 0 radical (unpaired) electrons. The van der Waals surface area contributed by atoms with Crippen molar-refractivity contribution in [1.82, 2.24) is 19.7 Å². The summed E-state index contributed by atoms with van der Waals surface area (Å²) in [5.41, 5.74) is 5.93. The fourth-order valence-electron chi connectivity index (χ4n) is 4.91. The molecule has 6 heteroatoms. The number of pyridine rings is 1. The zero-order valence-corrected chi connectivity index (χ0v) is 19.3. The van der Waals surface area contributed by atoms with Crippen molar-refractivity contribution in [3.8, 4) is 22.6 Å². The molecular formula is C26H32N4O2. The van der Waals surface area contributed by atoms with Gasteiger partial charge in [-0.25, -0.2) is 0 Å². The number of benzene rings is 1. The van der Waals surface area contributed by atoms with Crippen molar-refractivity contribution in [3.05, 3.63) is 59.7 Å². The molecule has 1 aromatic carbocycles. The van der Waals surface area contributed by atoms with Crippen LogP contribution in [0.2, 0.25) is 0 Å². The molecule has 3 aromatic rings. The van der Waals surface area contributed by atoms with E-state index in [-0.39, 0.29) is 6.10 Å². The standard InChI is InChI=1S/C26H32N4O2/c1-4-31-25-12-21-11-18(2)32-26(21)13-22(25)17-30-9-7-19(8-10-30)24-6-5-20(14-27-24)23-15-28-29(3)16-23/h5-6,12-16,18-19H,4,7-11,17H2,1-3H3/t18-/m1/s1. The Labute approximate surface area is 190 Å². The fourth-order valence-corrected chi connectivity index (χ4v) is 4.91. The largest absolute Gasteiger partial charge is 0.494 e. The van der Waals surface area contributed by atoms with Crippen molar-refractivity contribution in [2.75, 3.05) is 19.7 Å². The van der Waals surface area contributed by atoms with E-state index in [0.717, 1.165) is 61.5 Å². The van der Waals surface area contributed by atoms with E-state index in [1.165, 1.54) is 16.8 Å². The van der Waals surface area contributed by atoms with Crippen LogP contribution in [0.25, 0.3) is 11.1 Å². The number of aryl methyl sites for hydroxylation is 1. The minimum atomic E-state index is 0.252. The van der Waals surface area contributed by atoms with E-state index < -0.39 is 0 Å². The Kier molecular flexibility index (Phi) is 5.87. The van der Waals surface area contributed by atoms with Gasteiger partial charge in [0.15, 0.2) is 0 Å². The molecule has 0 unspecified atom stereocenters. The van der Waals surface area contributed by atoms with Gasteiger partial charge in [0.05, 0.1) is 12.8 Å². The fraction of sp³-hybridized carbons (Fsp3) is 0.462. The van der Waals surface area contributed by atoms with E-state index >= 15 is 0 Å². The Morgan fingerprint density at radius 1 is 1.12 bits per heavy atom.